The Bertz CT molecular complexity index is 1320. The predicted molar refractivity (Wildman–Crippen MR) is 155 cm³/mol. The third kappa shape index (κ3) is 8.44. The normalized spacial score (nSPS) is 22.1. The lowest BCUT2D eigenvalue weighted by molar-refractivity contribution is -0.293. The minimum atomic E-state index is -2.28. The molecule has 0 saturated carbocycles. The molecule has 222 valence electrons. The first-order chi connectivity index (χ1) is 20.2. The molecule has 3 aromatic carbocycles. The van der Waals surface area contributed by atoms with E-state index in [4.69, 9.17) is 68.6 Å². The Kier molecular flexibility index (Phi) is 11.2. The molecule has 9 nitrogen and oxygen atoms in total. The Morgan fingerprint density at radius 3 is 1.76 bits per heavy atom. The Morgan fingerprint density at radius 1 is 0.762 bits per heavy atom. The van der Waals surface area contributed by atoms with Crippen molar-refractivity contribution in [2.75, 3.05) is 7.11 Å². The van der Waals surface area contributed by atoms with Gasteiger partial charge in [0.2, 0.25) is 12.2 Å². The summed E-state index contributed by atoms with van der Waals surface area (Å²) in [5.41, 5.74) is 1.82. The SMILES string of the molecule is COC(=O)[C@@H]1OC(OC(=N)C(Cl)(Cl)Cl)[C@H](OC(=O)c2ccccc2)[C@@H](OCc2ccccc2)[C@@H]1OCc1ccccc1. The van der Waals surface area contributed by atoms with E-state index >= 15 is 0 Å². The quantitative estimate of drug-likeness (QED) is 0.132. The molecule has 1 N–H and O–H groups in total. The van der Waals surface area contributed by atoms with E-state index in [9.17, 15) is 9.59 Å². The molecule has 5 atom stereocenters. The van der Waals surface area contributed by atoms with Crippen LogP contribution in [0, 0.1) is 5.41 Å². The van der Waals surface area contributed by atoms with E-state index in [1.807, 2.05) is 60.7 Å². The first-order valence-corrected chi connectivity index (χ1v) is 13.9. The van der Waals surface area contributed by atoms with Gasteiger partial charge in [-0.25, -0.2) is 9.59 Å². The van der Waals surface area contributed by atoms with E-state index in [0.717, 1.165) is 11.1 Å². The zero-order valence-corrected chi connectivity index (χ0v) is 24.6. The fraction of sp³-hybridized carbons (Fsp3) is 0.300. The van der Waals surface area contributed by atoms with Crippen molar-refractivity contribution in [3.63, 3.8) is 0 Å². The van der Waals surface area contributed by atoms with Crippen LogP contribution in [-0.4, -0.2) is 59.4 Å². The summed E-state index contributed by atoms with van der Waals surface area (Å²) in [6.07, 6.45) is -6.78. The van der Waals surface area contributed by atoms with Gasteiger partial charge in [0.05, 0.1) is 25.9 Å². The predicted octanol–water partition coefficient (Wildman–Crippen LogP) is 5.64. The van der Waals surface area contributed by atoms with Gasteiger partial charge in [0.25, 0.3) is 3.79 Å². The number of hydrogen-bond acceptors (Lipinski definition) is 9. The molecule has 1 unspecified atom stereocenters. The number of ether oxygens (including phenoxy) is 6. The third-order valence-electron chi connectivity index (χ3n) is 6.24. The molecule has 0 spiro atoms. The van der Waals surface area contributed by atoms with Gasteiger partial charge in [-0.3, -0.25) is 5.41 Å². The molecule has 1 aliphatic rings. The minimum absolute atomic E-state index is 0.0403. The van der Waals surface area contributed by atoms with Gasteiger partial charge in [-0.05, 0) is 23.3 Å². The summed E-state index contributed by atoms with van der Waals surface area (Å²) < 4.78 is 32.6. The average Bonchev–Trinajstić information content (AvgIpc) is 3.00. The molecule has 12 heteroatoms. The van der Waals surface area contributed by atoms with E-state index in [1.165, 1.54) is 7.11 Å². The van der Waals surface area contributed by atoms with Crippen molar-refractivity contribution >= 4 is 52.6 Å². The molecule has 0 bridgehead atoms. The highest BCUT2D eigenvalue weighted by Gasteiger charge is 2.54. The fourth-order valence-electron chi connectivity index (χ4n) is 4.19. The van der Waals surface area contributed by atoms with Crippen LogP contribution < -0.4 is 0 Å². The summed E-state index contributed by atoms with van der Waals surface area (Å²) in [5.74, 6) is -2.39. The summed E-state index contributed by atoms with van der Waals surface area (Å²) in [6, 6.07) is 26.7. The molecule has 4 rings (SSSR count). The number of carbonyl (C=O) groups is 2. The highest BCUT2D eigenvalue weighted by Crippen LogP contribution is 2.35. The summed E-state index contributed by atoms with van der Waals surface area (Å²) in [5, 5.41) is 8.15. The molecule has 0 aliphatic carbocycles. The second-order valence-corrected chi connectivity index (χ2v) is 11.4. The van der Waals surface area contributed by atoms with Crippen molar-refractivity contribution in [1.82, 2.24) is 0 Å². The Balaban J connectivity index is 1.74. The lowest BCUT2D eigenvalue weighted by Crippen LogP contribution is -2.63. The highest BCUT2D eigenvalue weighted by atomic mass is 35.6. The van der Waals surface area contributed by atoms with E-state index in [-0.39, 0.29) is 18.8 Å². The smallest absolute Gasteiger partial charge is 0.338 e. The number of benzene rings is 3. The number of hydrogen-bond donors (Lipinski definition) is 1. The van der Waals surface area contributed by atoms with Crippen LogP contribution in [0.1, 0.15) is 21.5 Å². The van der Waals surface area contributed by atoms with Crippen LogP contribution in [0.15, 0.2) is 91.0 Å². The van der Waals surface area contributed by atoms with Gasteiger partial charge in [0.1, 0.15) is 12.2 Å². The molecule has 0 amide bonds. The van der Waals surface area contributed by atoms with Crippen LogP contribution in [0.3, 0.4) is 0 Å². The standard InChI is InChI=1S/C30H28Cl3NO8/c1-37-27(36)24-22(38-17-19-11-5-2-6-12-19)23(39-18-20-13-7-3-8-14-20)25(28(41-24)42-29(34)30(31,32)33)40-26(35)21-15-9-4-10-16-21/h2-16,22-25,28,34H,17-18H2,1H3/t22-,23-,24+,25+,28?/m0/s1. The van der Waals surface area contributed by atoms with Gasteiger partial charge in [0, 0.05) is 0 Å². The largest absolute Gasteiger partial charge is 0.467 e. The van der Waals surface area contributed by atoms with Gasteiger partial charge in [0.15, 0.2) is 12.2 Å². The van der Waals surface area contributed by atoms with Gasteiger partial charge in [-0.2, -0.15) is 0 Å². The van der Waals surface area contributed by atoms with Crippen LogP contribution in [0.25, 0.3) is 0 Å². The molecule has 42 heavy (non-hydrogen) atoms. The number of halogens is 3. The van der Waals surface area contributed by atoms with Crippen LogP contribution in [0.4, 0.5) is 0 Å². The first kappa shape index (κ1) is 31.7. The molecule has 1 saturated heterocycles. The van der Waals surface area contributed by atoms with E-state index in [1.54, 1.807) is 30.3 Å². The third-order valence-corrected chi connectivity index (χ3v) is 6.76. The Morgan fingerprint density at radius 2 is 1.26 bits per heavy atom. The number of carbonyl (C=O) groups excluding carboxylic acids is 2. The molecule has 1 heterocycles. The van der Waals surface area contributed by atoms with E-state index < -0.39 is 52.3 Å². The number of rotatable bonds is 10. The molecule has 0 radical (unpaired) electrons. The average molecular weight is 637 g/mol. The lowest BCUT2D eigenvalue weighted by Gasteiger charge is -2.44. The highest BCUT2D eigenvalue weighted by molar-refractivity contribution is 6.76. The maximum Gasteiger partial charge on any atom is 0.338 e. The minimum Gasteiger partial charge on any atom is -0.467 e. The monoisotopic (exact) mass is 635 g/mol. The van der Waals surface area contributed by atoms with Crippen LogP contribution >= 0.6 is 34.8 Å². The molecule has 1 aliphatic heterocycles. The molecule has 3 aromatic rings. The summed E-state index contributed by atoms with van der Waals surface area (Å²) in [6.45, 7) is 0.0982. The second kappa shape index (κ2) is 14.8. The van der Waals surface area contributed by atoms with Gasteiger partial charge < -0.3 is 28.4 Å². The summed E-state index contributed by atoms with van der Waals surface area (Å²) in [4.78, 5) is 26.3. The van der Waals surface area contributed by atoms with Crippen LogP contribution in [0.2, 0.25) is 0 Å². The number of methoxy groups -OCH3 is 1. The van der Waals surface area contributed by atoms with Crippen molar-refractivity contribution in [3.8, 4) is 0 Å². The van der Waals surface area contributed by atoms with Crippen molar-refractivity contribution in [3.05, 3.63) is 108 Å². The topological polar surface area (TPSA) is 113 Å². The maximum absolute atomic E-state index is 13.3. The Labute approximate surface area is 258 Å². The zero-order valence-electron chi connectivity index (χ0n) is 22.4. The van der Waals surface area contributed by atoms with Crippen molar-refractivity contribution in [1.29, 1.82) is 5.41 Å². The second-order valence-electron chi connectivity index (χ2n) is 9.15. The van der Waals surface area contributed by atoms with Crippen molar-refractivity contribution in [2.45, 2.75) is 47.7 Å². The van der Waals surface area contributed by atoms with Gasteiger partial charge in [-0.1, -0.05) is 114 Å². The zero-order chi connectivity index (χ0) is 30.1. The lowest BCUT2D eigenvalue weighted by atomic mass is 9.97. The van der Waals surface area contributed by atoms with Crippen molar-refractivity contribution in [2.24, 2.45) is 0 Å². The summed E-state index contributed by atoms with van der Waals surface area (Å²) >= 11 is 17.6. The maximum atomic E-state index is 13.3. The van der Waals surface area contributed by atoms with Gasteiger partial charge >= 0.3 is 11.9 Å². The van der Waals surface area contributed by atoms with Crippen molar-refractivity contribution < 1.29 is 38.0 Å². The molecular formula is C30H28Cl3NO8. The van der Waals surface area contributed by atoms with Crippen LogP contribution in [-0.2, 0) is 46.4 Å². The first-order valence-electron chi connectivity index (χ1n) is 12.8. The van der Waals surface area contributed by atoms with Crippen LogP contribution in [0.5, 0.6) is 0 Å². The van der Waals surface area contributed by atoms with E-state index in [2.05, 4.69) is 0 Å². The number of nitrogens with one attached hydrogen (secondary N) is 1. The summed E-state index contributed by atoms with van der Waals surface area (Å²) in [7, 11) is 1.18. The molecular weight excluding hydrogens is 609 g/mol. The molecule has 1 fully saturated rings. The number of alkyl halides is 3. The number of esters is 2. The molecule has 0 aromatic heterocycles. The van der Waals surface area contributed by atoms with Gasteiger partial charge in [-0.15, -0.1) is 0 Å². The fourth-order valence-corrected chi connectivity index (χ4v) is 4.32. The Hall–Kier alpha value is -3.18. The van der Waals surface area contributed by atoms with E-state index in [0.29, 0.717) is 0 Å².